The molecule has 1 heterocycles. The Morgan fingerprint density at radius 2 is 1.48 bits per heavy atom. The van der Waals surface area contributed by atoms with Crippen LogP contribution in [0.3, 0.4) is 0 Å². The Kier molecular flexibility index (Phi) is 8.16. The van der Waals surface area contributed by atoms with E-state index in [0.29, 0.717) is 23.9 Å². The van der Waals surface area contributed by atoms with Crippen molar-refractivity contribution in [3.05, 3.63) is 24.3 Å². The molecule has 0 aromatic heterocycles. The molecule has 3 rings (SSSR count). The average molecular weight is 502 g/mol. The quantitative estimate of drug-likeness (QED) is 0.595. The normalized spacial score (nSPS) is 27.9. The van der Waals surface area contributed by atoms with Gasteiger partial charge >= 0.3 is 0 Å². The molecular formula is C23H39N3O5S2. The van der Waals surface area contributed by atoms with Crippen LogP contribution in [0.2, 0.25) is 0 Å². The minimum absolute atomic E-state index is 0.000545. The van der Waals surface area contributed by atoms with Crippen molar-refractivity contribution in [2.24, 2.45) is 5.92 Å². The molecular weight excluding hydrogens is 462 g/mol. The van der Waals surface area contributed by atoms with Gasteiger partial charge in [-0.3, -0.25) is 0 Å². The summed E-state index contributed by atoms with van der Waals surface area (Å²) in [5, 5.41) is 3.41. The summed E-state index contributed by atoms with van der Waals surface area (Å²) in [6, 6.07) is 6.92. The fraction of sp³-hybridized carbons (Fsp3) is 0.739. The van der Waals surface area contributed by atoms with Crippen molar-refractivity contribution >= 4 is 25.7 Å². The molecule has 2 N–H and O–H groups in total. The van der Waals surface area contributed by atoms with Crippen molar-refractivity contribution < 1.29 is 21.6 Å². The lowest BCUT2D eigenvalue weighted by Crippen LogP contribution is -2.48. The Labute approximate surface area is 199 Å². The van der Waals surface area contributed by atoms with Crippen LogP contribution in [0.25, 0.3) is 0 Å². The highest BCUT2D eigenvalue weighted by Gasteiger charge is 2.33. The number of hydrogen-bond donors (Lipinski definition) is 2. The first kappa shape index (κ1) is 26.4. The maximum Gasteiger partial charge on any atom is 0.243 e. The Hall–Kier alpha value is -1.20. The van der Waals surface area contributed by atoms with Gasteiger partial charge in [0.15, 0.2) is 0 Å². The highest BCUT2D eigenvalue weighted by atomic mass is 32.2. The van der Waals surface area contributed by atoms with E-state index in [1.54, 1.807) is 32.9 Å². The van der Waals surface area contributed by atoms with E-state index in [1.807, 2.05) is 26.0 Å². The molecule has 1 saturated heterocycles. The van der Waals surface area contributed by atoms with Crippen LogP contribution in [0.4, 0.5) is 5.69 Å². The molecule has 2 fully saturated rings. The van der Waals surface area contributed by atoms with Gasteiger partial charge in [0.05, 0.1) is 21.9 Å². The molecule has 0 amide bonds. The molecule has 0 spiro atoms. The highest BCUT2D eigenvalue weighted by molar-refractivity contribution is 7.90. The van der Waals surface area contributed by atoms with E-state index >= 15 is 0 Å². The van der Waals surface area contributed by atoms with Gasteiger partial charge in [-0.05, 0) is 90.5 Å². The molecule has 10 heteroatoms. The van der Waals surface area contributed by atoms with Crippen LogP contribution >= 0.6 is 0 Å². The summed E-state index contributed by atoms with van der Waals surface area (Å²) >= 11 is 0. The van der Waals surface area contributed by atoms with Crippen molar-refractivity contribution in [1.29, 1.82) is 0 Å². The number of anilines is 1. The van der Waals surface area contributed by atoms with Crippen LogP contribution in [0.5, 0.6) is 0 Å². The predicted molar refractivity (Wildman–Crippen MR) is 131 cm³/mol. The number of hydrogen-bond acceptors (Lipinski definition) is 6. The molecule has 2 aliphatic rings. The molecule has 8 nitrogen and oxygen atoms in total. The molecule has 1 saturated carbocycles. The minimum atomic E-state index is -3.54. The Morgan fingerprint density at radius 1 is 0.939 bits per heavy atom. The molecule has 0 radical (unpaired) electrons. The van der Waals surface area contributed by atoms with E-state index < -0.39 is 24.8 Å². The van der Waals surface area contributed by atoms with Gasteiger partial charge in [0.25, 0.3) is 0 Å². The number of benzene rings is 1. The molecule has 33 heavy (non-hydrogen) atoms. The number of nitrogens with one attached hydrogen (secondary N) is 2. The summed E-state index contributed by atoms with van der Waals surface area (Å²) in [5.74, 6) is 0.458. The Balaban J connectivity index is 1.49. The SMILES string of the molecule is C[C@@H]1CN(S(=O)(=O)c2ccc(NC[C@H]3CC[C@H](NS(=O)(=O)C(C)(C)C)CC3)cc2)C[C@H](C)O1. The zero-order valence-electron chi connectivity index (χ0n) is 20.4. The van der Waals surface area contributed by atoms with Gasteiger partial charge in [-0.15, -0.1) is 0 Å². The zero-order valence-corrected chi connectivity index (χ0v) is 22.0. The van der Waals surface area contributed by atoms with Gasteiger partial charge in [-0.2, -0.15) is 4.31 Å². The summed E-state index contributed by atoms with van der Waals surface area (Å²) < 4.78 is 59.9. The van der Waals surface area contributed by atoms with Crippen molar-refractivity contribution in [1.82, 2.24) is 9.03 Å². The lowest BCUT2D eigenvalue weighted by molar-refractivity contribution is -0.0440. The van der Waals surface area contributed by atoms with E-state index in [1.165, 1.54) is 4.31 Å². The monoisotopic (exact) mass is 501 g/mol. The van der Waals surface area contributed by atoms with Crippen molar-refractivity contribution in [3.8, 4) is 0 Å². The molecule has 2 atom stereocenters. The molecule has 1 aliphatic carbocycles. The molecule has 0 bridgehead atoms. The van der Waals surface area contributed by atoms with E-state index in [0.717, 1.165) is 37.9 Å². The van der Waals surface area contributed by atoms with Crippen LogP contribution in [0.15, 0.2) is 29.2 Å². The van der Waals surface area contributed by atoms with Crippen molar-refractivity contribution in [2.45, 2.75) is 88.2 Å². The number of ether oxygens (including phenoxy) is 1. The first-order valence-electron chi connectivity index (χ1n) is 11.8. The second kappa shape index (κ2) is 10.2. The molecule has 1 aliphatic heterocycles. The number of sulfonamides is 2. The van der Waals surface area contributed by atoms with Crippen LogP contribution in [-0.2, 0) is 24.8 Å². The lowest BCUT2D eigenvalue weighted by Gasteiger charge is -2.34. The topological polar surface area (TPSA) is 105 Å². The summed E-state index contributed by atoms with van der Waals surface area (Å²) in [6.07, 6.45) is 3.31. The van der Waals surface area contributed by atoms with Gasteiger partial charge < -0.3 is 10.1 Å². The summed E-state index contributed by atoms with van der Waals surface area (Å²) in [7, 11) is -6.87. The largest absolute Gasteiger partial charge is 0.385 e. The molecule has 0 unspecified atom stereocenters. The number of nitrogens with zero attached hydrogens (tertiary/aromatic N) is 1. The van der Waals surface area contributed by atoms with Crippen molar-refractivity contribution in [3.63, 3.8) is 0 Å². The van der Waals surface area contributed by atoms with E-state index in [4.69, 9.17) is 4.74 Å². The zero-order chi connectivity index (χ0) is 24.4. The van der Waals surface area contributed by atoms with Crippen molar-refractivity contribution in [2.75, 3.05) is 25.0 Å². The summed E-state index contributed by atoms with van der Waals surface area (Å²) in [5.41, 5.74) is 0.883. The second-order valence-electron chi connectivity index (χ2n) is 10.4. The molecule has 188 valence electrons. The fourth-order valence-electron chi connectivity index (χ4n) is 4.36. The smallest absolute Gasteiger partial charge is 0.243 e. The Bertz CT molecular complexity index is 986. The Morgan fingerprint density at radius 3 is 2.00 bits per heavy atom. The van der Waals surface area contributed by atoms with Gasteiger partial charge in [0, 0.05) is 31.4 Å². The van der Waals surface area contributed by atoms with Gasteiger partial charge in [-0.1, -0.05) is 0 Å². The minimum Gasteiger partial charge on any atom is -0.385 e. The van der Waals surface area contributed by atoms with Crippen LogP contribution in [0.1, 0.15) is 60.3 Å². The highest BCUT2D eigenvalue weighted by Crippen LogP contribution is 2.27. The van der Waals surface area contributed by atoms with Crippen LogP contribution in [-0.4, -0.2) is 63.8 Å². The summed E-state index contributed by atoms with van der Waals surface area (Å²) in [4.78, 5) is 0.293. The lowest BCUT2D eigenvalue weighted by atomic mass is 9.86. The first-order chi connectivity index (χ1) is 15.3. The van der Waals surface area contributed by atoms with Gasteiger partial charge in [-0.25, -0.2) is 21.6 Å². The standard InChI is InChI=1S/C23H39N3O5S2/c1-17-15-26(16-18(2)31-17)32(27,28)22-12-10-20(11-13-22)24-14-19-6-8-21(9-7-19)25-33(29,30)23(3,4)5/h10-13,17-19,21,24-25H,6-9,14-16H2,1-5H3/t17-,18+,19-,21-. The average Bonchev–Trinajstić information content (AvgIpc) is 2.72. The van der Waals surface area contributed by atoms with E-state index in [9.17, 15) is 16.8 Å². The number of morpholine rings is 1. The summed E-state index contributed by atoms with van der Waals surface area (Å²) in [6.45, 7) is 10.4. The maximum absolute atomic E-state index is 13.0. The predicted octanol–water partition coefficient (Wildman–Crippen LogP) is 3.17. The van der Waals surface area contributed by atoms with Crippen LogP contribution in [0, 0.1) is 5.92 Å². The van der Waals surface area contributed by atoms with Crippen LogP contribution < -0.4 is 10.0 Å². The number of rotatable bonds is 7. The molecule has 1 aromatic carbocycles. The van der Waals surface area contributed by atoms with E-state index in [-0.39, 0.29) is 18.2 Å². The van der Waals surface area contributed by atoms with E-state index in [2.05, 4.69) is 10.0 Å². The maximum atomic E-state index is 13.0. The second-order valence-corrected chi connectivity index (χ2v) is 14.8. The fourth-order valence-corrected chi connectivity index (χ4v) is 6.98. The first-order valence-corrected chi connectivity index (χ1v) is 14.7. The third kappa shape index (κ3) is 6.69. The third-order valence-electron chi connectivity index (χ3n) is 6.45. The van der Waals surface area contributed by atoms with Gasteiger partial charge in [0.2, 0.25) is 20.0 Å². The molecule has 1 aromatic rings. The van der Waals surface area contributed by atoms with Gasteiger partial charge in [0.1, 0.15) is 0 Å². The third-order valence-corrected chi connectivity index (χ3v) is 10.5.